The molecule has 0 radical (unpaired) electrons. The number of aromatic nitrogens is 2. The Morgan fingerprint density at radius 2 is 2.33 bits per heavy atom. The van der Waals surface area contributed by atoms with E-state index >= 15 is 0 Å². The molecule has 4 N–H and O–H groups in total. The Balaban J connectivity index is 1.96. The van der Waals surface area contributed by atoms with Gasteiger partial charge in [-0.25, -0.2) is 9.18 Å². The van der Waals surface area contributed by atoms with Gasteiger partial charge < -0.3 is 25.4 Å². The molecular weight excluding hydrogens is 285 g/mol. The molecule has 0 amide bonds. The Bertz CT molecular complexity index is 593. The summed E-state index contributed by atoms with van der Waals surface area (Å²) in [5, 5.41) is 19.7. The monoisotopic (exact) mass is 301 g/mol. The van der Waals surface area contributed by atoms with Crippen LogP contribution in [0.1, 0.15) is 12.6 Å². The highest BCUT2D eigenvalue weighted by molar-refractivity contribution is 5.23. The van der Waals surface area contributed by atoms with Gasteiger partial charge >= 0.3 is 5.69 Å². The van der Waals surface area contributed by atoms with Crippen molar-refractivity contribution >= 4 is 5.82 Å². The van der Waals surface area contributed by atoms with Crippen molar-refractivity contribution in [3.05, 3.63) is 22.7 Å². The highest BCUT2D eigenvalue weighted by atomic mass is 19.1. The molecule has 1 aromatic heterocycles. The molecule has 2 unspecified atom stereocenters. The van der Waals surface area contributed by atoms with Crippen LogP contribution in [0.2, 0.25) is 0 Å². The number of aliphatic hydroxyl groups is 2. The second kappa shape index (κ2) is 5.02. The van der Waals surface area contributed by atoms with E-state index in [4.69, 9.17) is 15.2 Å². The Labute approximate surface area is 118 Å². The first-order chi connectivity index (χ1) is 9.99. The van der Waals surface area contributed by atoms with Gasteiger partial charge in [-0.1, -0.05) is 0 Å². The lowest BCUT2D eigenvalue weighted by Gasteiger charge is -2.42. The van der Waals surface area contributed by atoms with Gasteiger partial charge in [-0.3, -0.25) is 4.57 Å². The molecule has 8 nitrogen and oxygen atoms in total. The summed E-state index contributed by atoms with van der Waals surface area (Å²) in [6.07, 6.45) is -3.74. The van der Waals surface area contributed by atoms with Gasteiger partial charge in [0.25, 0.3) is 0 Å². The normalized spacial score (nSPS) is 39.2. The zero-order valence-corrected chi connectivity index (χ0v) is 11.1. The van der Waals surface area contributed by atoms with Gasteiger partial charge in [0.2, 0.25) is 0 Å². The molecule has 9 heteroatoms. The van der Waals surface area contributed by atoms with Crippen molar-refractivity contribution in [3.8, 4) is 0 Å². The fourth-order valence-corrected chi connectivity index (χ4v) is 2.73. The van der Waals surface area contributed by atoms with E-state index in [-0.39, 0.29) is 5.82 Å². The van der Waals surface area contributed by atoms with Crippen LogP contribution in [-0.2, 0) is 9.47 Å². The molecule has 21 heavy (non-hydrogen) atoms. The number of nitrogen functional groups attached to an aromatic ring is 1. The molecule has 1 aromatic rings. The quantitative estimate of drug-likeness (QED) is 0.626. The van der Waals surface area contributed by atoms with Crippen molar-refractivity contribution in [2.24, 2.45) is 0 Å². The van der Waals surface area contributed by atoms with E-state index in [9.17, 15) is 19.4 Å². The van der Waals surface area contributed by atoms with Crippen LogP contribution in [0.3, 0.4) is 0 Å². The number of halogens is 1. The molecule has 5 atom stereocenters. The van der Waals surface area contributed by atoms with Crippen molar-refractivity contribution in [2.75, 3.05) is 18.9 Å². The van der Waals surface area contributed by atoms with Gasteiger partial charge in [0.05, 0.1) is 12.7 Å². The maximum absolute atomic E-state index is 14.4. The number of nitrogens with zero attached hydrogens (tertiary/aromatic N) is 2. The predicted molar refractivity (Wildman–Crippen MR) is 68.1 cm³/mol. The van der Waals surface area contributed by atoms with Gasteiger partial charge in [0, 0.05) is 12.8 Å². The van der Waals surface area contributed by atoms with Crippen molar-refractivity contribution in [3.63, 3.8) is 0 Å². The standard InChI is InChI=1S/C12H16FN3O5/c13-8-9(18)12(5-17,6-2-4-20-6)21-10(8)16-3-1-7(14)15-11(16)19/h1,3,6,8-10,17-18H,2,4-5H2,(H2,14,15,19)/t6?,8-,9?,10+,12-/m0/s1. The fraction of sp³-hybridized carbons (Fsp3) is 0.667. The van der Waals surface area contributed by atoms with E-state index in [1.165, 1.54) is 12.3 Å². The Kier molecular flexibility index (Phi) is 3.44. The molecule has 0 bridgehead atoms. The lowest BCUT2D eigenvalue weighted by molar-refractivity contribution is -0.234. The smallest absolute Gasteiger partial charge is 0.351 e. The number of rotatable bonds is 3. The minimum absolute atomic E-state index is 0.000881. The van der Waals surface area contributed by atoms with E-state index in [0.717, 1.165) is 4.57 Å². The van der Waals surface area contributed by atoms with Gasteiger partial charge in [-0.2, -0.15) is 4.98 Å². The number of alkyl halides is 1. The topological polar surface area (TPSA) is 120 Å². The average molecular weight is 301 g/mol. The first kappa shape index (κ1) is 14.4. The molecule has 3 rings (SSSR count). The minimum Gasteiger partial charge on any atom is -0.393 e. The summed E-state index contributed by atoms with van der Waals surface area (Å²) in [5.74, 6) is 0.000881. The van der Waals surface area contributed by atoms with E-state index in [0.29, 0.717) is 13.0 Å². The average Bonchev–Trinajstić information content (AvgIpc) is 2.63. The summed E-state index contributed by atoms with van der Waals surface area (Å²) >= 11 is 0. The van der Waals surface area contributed by atoms with Crippen molar-refractivity contribution < 1.29 is 24.1 Å². The highest BCUT2D eigenvalue weighted by Gasteiger charge is 2.61. The van der Waals surface area contributed by atoms with Crippen LogP contribution in [0.15, 0.2) is 17.1 Å². The molecule has 2 aliphatic rings. The lowest BCUT2D eigenvalue weighted by Crippen LogP contribution is -2.59. The second-order valence-electron chi connectivity index (χ2n) is 5.20. The van der Waals surface area contributed by atoms with Gasteiger partial charge in [0.15, 0.2) is 12.4 Å². The Hall–Kier alpha value is -1.55. The van der Waals surface area contributed by atoms with E-state index in [1.807, 2.05) is 0 Å². The SMILES string of the molecule is Nc1ccn([C@@H]2O[C@@](CO)(C3CCO3)C(O)[C@@H]2F)c(=O)n1. The largest absolute Gasteiger partial charge is 0.393 e. The lowest BCUT2D eigenvalue weighted by atomic mass is 9.86. The maximum Gasteiger partial charge on any atom is 0.351 e. The second-order valence-corrected chi connectivity index (χ2v) is 5.20. The summed E-state index contributed by atoms with van der Waals surface area (Å²) < 4.78 is 26.0. The van der Waals surface area contributed by atoms with E-state index < -0.39 is 42.5 Å². The van der Waals surface area contributed by atoms with Crippen LogP contribution in [-0.4, -0.2) is 57.0 Å². The third kappa shape index (κ3) is 2.04. The third-order valence-corrected chi connectivity index (χ3v) is 4.03. The number of aliphatic hydroxyl groups excluding tert-OH is 2. The van der Waals surface area contributed by atoms with Crippen molar-refractivity contribution in [1.82, 2.24) is 9.55 Å². The summed E-state index contributed by atoms with van der Waals surface area (Å²) in [6.45, 7) is -0.166. The minimum atomic E-state index is -1.90. The van der Waals surface area contributed by atoms with E-state index in [1.54, 1.807) is 0 Å². The number of anilines is 1. The van der Waals surface area contributed by atoms with Crippen LogP contribution in [0, 0.1) is 0 Å². The zero-order valence-electron chi connectivity index (χ0n) is 11.1. The van der Waals surface area contributed by atoms with Crippen LogP contribution in [0.4, 0.5) is 10.2 Å². The molecular formula is C12H16FN3O5. The molecule has 2 saturated heterocycles. The van der Waals surface area contributed by atoms with Crippen LogP contribution in [0.5, 0.6) is 0 Å². The number of hydrogen-bond acceptors (Lipinski definition) is 7. The molecule has 3 heterocycles. The van der Waals surface area contributed by atoms with Gasteiger partial charge in [0.1, 0.15) is 17.5 Å². The molecule has 0 saturated carbocycles. The van der Waals surface area contributed by atoms with Crippen molar-refractivity contribution in [2.45, 2.75) is 36.6 Å². The summed E-state index contributed by atoms with van der Waals surface area (Å²) in [6, 6.07) is 1.32. The summed E-state index contributed by atoms with van der Waals surface area (Å²) in [5.41, 5.74) is 3.00. The number of ether oxygens (including phenoxy) is 2. The Morgan fingerprint density at radius 1 is 1.62 bits per heavy atom. The molecule has 0 aliphatic carbocycles. The fourth-order valence-electron chi connectivity index (χ4n) is 2.73. The van der Waals surface area contributed by atoms with Crippen molar-refractivity contribution in [1.29, 1.82) is 0 Å². The first-order valence-corrected chi connectivity index (χ1v) is 6.56. The summed E-state index contributed by atoms with van der Waals surface area (Å²) in [4.78, 5) is 15.3. The molecule has 2 aliphatic heterocycles. The van der Waals surface area contributed by atoms with Gasteiger partial charge in [-0.15, -0.1) is 0 Å². The number of hydrogen-bond donors (Lipinski definition) is 3. The van der Waals surface area contributed by atoms with Gasteiger partial charge in [-0.05, 0) is 12.5 Å². The summed E-state index contributed by atoms with van der Waals surface area (Å²) in [7, 11) is 0. The van der Waals surface area contributed by atoms with Crippen LogP contribution in [0.25, 0.3) is 0 Å². The van der Waals surface area contributed by atoms with E-state index in [2.05, 4.69) is 4.98 Å². The van der Waals surface area contributed by atoms with Crippen LogP contribution < -0.4 is 11.4 Å². The molecule has 2 fully saturated rings. The number of nitrogens with two attached hydrogens (primary N) is 1. The third-order valence-electron chi connectivity index (χ3n) is 4.03. The predicted octanol–water partition coefficient (Wildman–Crippen LogP) is -1.43. The zero-order chi connectivity index (χ0) is 15.2. The molecule has 116 valence electrons. The highest BCUT2D eigenvalue weighted by Crippen LogP contribution is 2.44. The molecule has 0 spiro atoms. The maximum atomic E-state index is 14.4. The Morgan fingerprint density at radius 3 is 2.86 bits per heavy atom. The molecule has 0 aromatic carbocycles. The first-order valence-electron chi connectivity index (χ1n) is 6.56. The van der Waals surface area contributed by atoms with Crippen LogP contribution >= 0.6 is 0 Å².